The number of rotatable bonds is 8. The first-order chi connectivity index (χ1) is 18.9. The maximum atomic E-state index is 13.7. The molecule has 2 unspecified atom stereocenters. The molecular formula is C30H28N2O6S. The molecule has 2 heterocycles. The van der Waals surface area contributed by atoms with E-state index >= 15 is 0 Å². The molecule has 3 aromatic rings. The SMILES string of the molecule is CC(=O)OC1CS[C@@H]2[C@H](NC(=O)Cc3ccccc3)C(=O)N2C1C(=O)OC(c1ccccc1)c1ccccc1. The van der Waals surface area contributed by atoms with Crippen LogP contribution in [0.5, 0.6) is 0 Å². The monoisotopic (exact) mass is 544 g/mol. The largest absolute Gasteiger partial charge is 0.459 e. The first kappa shape index (κ1) is 26.5. The van der Waals surface area contributed by atoms with Crippen LogP contribution in [0.3, 0.4) is 0 Å². The highest BCUT2D eigenvalue weighted by Gasteiger charge is 2.59. The van der Waals surface area contributed by atoms with Crippen LogP contribution in [0.1, 0.15) is 29.7 Å². The number of hydrogen-bond donors (Lipinski definition) is 1. The Labute approximate surface area is 230 Å². The van der Waals surface area contributed by atoms with E-state index < -0.39 is 47.5 Å². The molecule has 2 aliphatic rings. The molecule has 5 rings (SSSR count). The molecule has 2 saturated heterocycles. The van der Waals surface area contributed by atoms with Crippen molar-refractivity contribution in [3.63, 3.8) is 0 Å². The van der Waals surface area contributed by atoms with Gasteiger partial charge in [0, 0.05) is 12.7 Å². The van der Waals surface area contributed by atoms with Crippen LogP contribution in [0, 0.1) is 0 Å². The van der Waals surface area contributed by atoms with Crippen LogP contribution in [0.2, 0.25) is 0 Å². The molecule has 4 atom stereocenters. The fourth-order valence-corrected chi connectivity index (χ4v) is 6.32. The third-order valence-corrected chi connectivity index (χ3v) is 8.05. The van der Waals surface area contributed by atoms with Crippen molar-refractivity contribution >= 4 is 35.5 Å². The van der Waals surface area contributed by atoms with E-state index in [4.69, 9.17) is 9.47 Å². The van der Waals surface area contributed by atoms with Gasteiger partial charge in [0.25, 0.3) is 0 Å². The third-order valence-electron chi connectivity index (χ3n) is 6.68. The molecule has 0 bridgehead atoms. The summed E-state index contributed by atoms with van der Waals surface area (Å²) in [4.78, 5) is 53.0. The second-order valence-electron chi connectivity index (χ2n) is 9.41. The van der Waals surface area contributed by atoms with Gasteiger partial charge in [-0.15, -0.1) is 11.8 Å². The number of carbonyl (C=O) groups excluding carboxylic acids is 4. The standard InChI is InChI=1S/C30H28N2O6S/c1-19(33)37-23-18-39-29-25(31-24(34)17-20-11-5-2-6-12-20)28(35)32(29)26(23)30(36)38-27(21-13-7-3-8-14-21)22-15-9-4-10-16-22/h2-16,23,25-27,29H,17-18H2,1H3,(H,31,34)/t23?,25-,26?,29-/m1/s1. The number of benzene rings is 3. The van der Waals surface area contributed by atoms with Crippen molar-refractivity contribution in [2.45, 2.75) is 43.0 Å². The van der Waals surface area contributed by atoms with Gasteiger partial charge in [-0.05, 0) is 16.7 Å². The van der Waals surface area contributed by atoms with Crippen molar-refractivity contribution in [3.8, 4) is 0 Å². The lowest BCUT2D eigenvalue weighted by atomic mass is 9.98. The van der Waals surface area contributed by atoms with E-state index in [9.17, 15) is 19.2 Å². The Morgan fingerprint density at radius 2 is 1.49 bits per heavy atom. The molecule has 3 aromatic carbocycles. The zero-order valence-corrected chi connectivity index (χ0v) is 22.1. The molecule has 2 fully saturated rings. The molecule has 2 aliphatic heterocycles. The predicted molar refractivity (Wildman–Crippen MR) is 145 cm³/mol. The van der Waals surface area contributed by atoms with Crippen molar-refractivity contribution in [1.29, 1.82) is 0 Å². The third kappa shape index (κ3) is 5.83. The van der Waals surface area contributed by atoms with Gasteiger partial charge in [0.2, 0.25) is 11.8 Å². The highest BCUT2D eigenvalue weighted by molar-refractivity contribution is 8.00. The first-order valence-corrected chi connectivity index (χ1v) is 13.7. The minimum Gasteiger partial charge on any atom is -0.459 e. The Hall–Kier alpha value is -4.11. The van der Waals surface area contributed by atoms with E-state index in [0.29, 0.717) is 0 Å². The Balaban J connectivity index is 1.36. The van der Waals surface area contributed by atoms with Gasteiger partial charge in [-0.3, -0.25) is 14.4 Å². The van der Waals surface area contributed by atoms with Crippen LogP contribution in [0.25, 0.3) is 0 Å². The maximum Gasteiger partial charge on any atom is 0.333 e. The molecule has 0 radical (unpaired) electrons. The molecule has 1 N–H and O–H groups in total. The lowest BCUT2D eigenvalue weighted by molar-refractivity contribution is -0.178. The van der Waals surface area contributed by atoms with E-state index in [2.05, 4.69) is 5.32 Å². The average molecular weight is 545 g/mol. The topological polar surface area (TPSA) is 102 Å². The Kier molecular flexibility index (Phi) is 7.97. The normalized spacial score (nSPS) is 21.9. The van der Waals surface area contributed by atoms with Gasteiger partial charge in [-0.2, -0.15) is 0 Å². The predicted octanol–water partition coefficient (Wildman–Crippen LogP) is 3.26. The van der Waals surface area contributed by atoms with Crippen LogP contribution in [-0.4, -0.2) is 58.0 Å². The molecule has 8 nitrogen and oxygen atoms in total. The summed E-state index contributed by atoms with van der Waals surface area (Å²) in [5.41, 5.74) is 2.37. The van der Waals surface area contributed by atoms with E-state index in [-0.39, 0.29) is 18.1 Å². The summed E-state index contributed by atoms with van der Waals surface area (Å²) < 4.78 is 11.5. The summed E-state index contributed by atoms with van der Waals surface area (Å²) >= 11 is 1.36. The zero-order valence-electron chi connectivity index (χ0n) is 21.3. The fourth-order valence-electron chi connectivity index (χ4n) is 4.91. The van der Waals surface area contributed by atoms with Gasteiger partial charge in [0.05, 0.1) is 6.42 Å². The van der Waals surface area contributed by atoms with E-state index in [1.54, 1.807) is 0 Å². The molecular weight excluding hydrogens is 516 g/mol. The Morgan fingerprint density at radius 1 is 0.923 bits per heavy atom. The summed E-state index contributed by atoms with van der Waals surface area (Å²) in [6, 6.07) is 26.0. The van der Waals surface area contributed by atoms with Gasteiger partial charge < -0.3 is 19.7 Å². The second-order valence-corrected chi connectivity index (χ2v) is 10.6. The van der Waals surface area contributed by atoms with E-state index in [1.165, 1.54) is 23.6 Å². The van der Waals surface area contributed by atoms with Crippen molar-refractivity contribution in [2.75, 3.05) is 5.75 Å². The lowest BCUT2D eigenvalue weighted by Crippen LogP contribution is -2.77. The molecule has 0 saturated carbocycles. The first-order valence-electron chi connectivity index (χ1n) is 12.7. The zero-order chi connectivity index (χ0) is 27.4. The fraction of sp³-hybridized carbons (Fsp3) is 0.267. The highest BCUT2D eigenvalue weighted by Crippen LogP contribution is 2.40. The second kappa shape index (κ2) is 11.7. The number of carbonyl (C=O) groups is 4. The van der Waals surface area contributed by atoms with Crippen molar-refractivity contribution in [2.24, 2.45) is 0 Å². The van der Waals surface area contributed by atoms with Crippen molar-refractivity contribution in [3.05, 3.63) is 108 Å². The van der Waals surface area contributed by atoms with Gasteiger partial charge in [-0.25, -0.2) is 4.79 Å². The summed E-state index contributed by atoms with van der Waals surface area (Å²) in [5.74, 6) is -1.65. The summed E-state index contributed by atoms with van der Waals surface area (Å²) in [6.45, 7) is 1.26. The average Bonchev–Trinajstić information content (AvgIpc) is 2.95. The number of nitrogens with one attached hydrogen (secondary N) is 1. The number of amides is 2. The van der Waals surface area contributed by atoms with Crippen molar-refractivity contribution in [1.82, 2.24) is 10.2 Å². The van der Waals surface area contributed by atoms with Crippen LogP contribution in [0.4, 0.5) is 0 Å². The number of fused-ring (bicyclic) bond motifs is 1. The van der Waals surface area contributed by atoms with Crippen molar-refractivity contribution < 1.29 is 28.7 Å². The number of nitrogens with zero attached hydrogens (tertiary/aromatic N) is 1. The van der Waals surface area contributed by atoms with Gasteiger partial charge in [0.15, 0.2) is 12.1 Å². The van der Waals surface area contributed by atoms with Crippen LogP contribution >= 0.6 is 11.8 Å². The number of thioether (sulfide) groups is 1. The molecule has 200 valence electrons. The van der Waals surface area contributed by atoms with Gasteiger partial charge in [0.1, 0.15) is 17.5 Å². The molecule has 9 heteroatoms. The molecule has 0 spiro atoms. The molecule has 0 aromatic heterocycles. The maximum absolute atomic E-state index is 13.7. The highest BCUT2D eigenvalue weighted by atomic mass is 32.2. The summed E-state index contributed by atoms with van der Waals surface area (Å²) in [5, 5.41) is 2.33. The Bertz CT molecular complexity index is 1300. The molecule has 2 amide bonds. The van der Waals surface area contributed by atoms with E-state index in [1.807, 2.05) is 91.0 Å². The molecule has 39 heavy (non-hydrogen) atoms. The quantitative estimate of drug-likeness (QED) is 0.343. The minimum atomic E-state index is -1.13. The van der Waals surface area contributed by atoms with Crippen LogP contribution in [0.15, 0.2) is 91.0 Å². The van der Waals surface area contributed by atoms with E-state index in [0.717, 1.165) is 16.7 Å². The van der Waals surface area contributed by atoms with Gasteiger partial charge >= 0.3 is 11.9 Å². The van der Waals surface area contributed by atoms with Crippen LogP contribution in [-0.2, 0) is 35.1 Å². The number of hydrogen-bond acceptors (Lipinski definition) is 7. The summed E-state index contributed by atoms with van der Waals surface area (Å²) in [6.07, 6.45) is -1.46. The smallest absolute Gasteiger partial charge is 0.333 e. The lowest BCUT2D eigenvalue weighted by Gasteiger charge is -2.54. The number of β-lactam (4-membered cyclic amide) rings is 1. The number of esters is 2. The number of ether oxygens (including phenoxy) is 2. The Morgan fingerprint density at radius 3 is 2.05 bits per heavy atom. The van der Waals surface area contributed by atoms with Crippen LogP contribution < -0.4 is 5.32 Å². The summed E-state index contributed by atoms with van der Waals surface area (Å²) in [7, 11) is 0. The molecule has 0 aliphatic carbocycles. The van der Waals surface area contributed by atoms with Gasteiger partial charge in [-0.1, -0.05) is 91.0 Å². The minimum absolute atomic E-state index is 0.138.